The summed E-state index contributed by atoms with van der Waals surface area (Å²) in [5.74, 6) is 0.750. The molecule has 0 amide bonds. The summed E-state index contributed by atoms with van der Waals surface area (Å²) in [7, 11) is 0. The van der Waals surface area contributed by atoms with Crippen molar-refractivity contribution in [1.29, 1.82) is 0 Å². The van der Waals surface area contributed by atoms with Crippen molar-refractivity contribution in [1.82, 2.24) is 15.0 Å². The first-order valence-electron chi connectivity index (χ1n) is 6.71. The third-order valence-electron chi connectivity index (χ3n) is 3.31. The van der Waals surface area contributed by atoms with Gasteiger partial charge in [-0.25, -0.2) is 4.98 Å². The Bertz CT molecular complexity index is 871. The molecule has 4 nitrogen and oxygen atoms in total. The van der Waals surface area contributed by atoms with E-state index in [0.717, 1.165) is 22.2 Å². The van der Waals surface area contributed by atoms with E-state index >= 15 is 0 Å². The number of pyridine rings is 1. The summed E-state index contributed by atoms with van der Waals surface area (Å²) >= 11 is 3.31. The lowest BCUT2D eigenvalue weighted by molar-refractivity contribution is 0.803. The Kier molecular flexibility index (Phi) is 3.59. The van der Waals surface area contributed by atoms with Crippen LogP contribution >= 0.6 is 15.9 Å². The SMILES string of the molecule is CC(C)c1nc(-c2ccc3ncccc3c2)[nH]c(=O)c1Br. The Balaban J connectivity index is 2.20. The van der Waals surface area contributed by atoms with Crippen molar-refractivity contribution in [2.45, 2.75) is 19.8 Å². The van der Waals surface area contributed by atoms with E-state index in [2.05, 4.69) is 30.9 Å². The van der Waals surface area contributed by atoms with Gasteiger partial charge in [0.15, 0.2) is 0 Å². The molecule has 0 saturated carbocycles. The Morgan fingerprint density at radius 1 is 1.24 bits per heavy atom. The van der Waals surface area contributed by atoms with E-state index in [-0.39, 0.29) is 11.5 Å². The Morgan fingerprint density at radius 2 is 2.05 bits per heavy atom. The summed E-state index contributed by atoms with van der Waals surface area (Å²) in [6, 6.07) is 9.72. The van der Waals surface area contributed by atoms with E-state index in [1.54, 1.807) is 6.20 Å². The zero-order valence-corrected chi connectivity index (χ0v) is 13.3. The monoisotopic (exact) mass is 343 g/mol. The van der Waals surface area contributed by atoms with E-state index in [1.807, 2.05) is 44.2 Å². The number of halogens is 1. The molecule has 0 saturated heterocycles. The Labute approximate surface area is 130 Å². The number of benzene rings is 1. The minimum Gasteiger partial charge on any atom is -0.306 e. The van der Waals surface area contributed by atoms with E-state index in [4.69, 9.17) is 0 Å². The number of aromatic nitrogens is 3. The van der Waals surface area contributed by atoms with Crippen LogP contribution in [-0.2, 0) is 0 Å². The molecule has 3 rings (SSSR count). The fraction of sp³-hybridized carbons (Fsp3) is 0.188. The summed E-state index contributed by atoms with van der Waals surface area (Å²) < 4.78 is 0.503. The van der Waals surface area contributed by atoms with Crippen LogP contribution in [0.5, 0.6) is 0 Å². The van der Waals surface area contributed by atoms with Crippen LogP contribution in [0.1, 0.15) is 25.5 Å². The van der Waals surface area contributed by atoms with Crippen LogP contribution in [-0.4, -0.2) is 15.0 Å². The number of hydrogen-bond acceptors (Lipinski definition) is 3. The third-order valence-corrected chi connectivity index (χ3v) is 4.08. The molecular formula is C16H14BrN3O. The lowest BCUT2D eigenvalue weighted by Crippen LogP contribution is -2.14. The molecule has 0 radical (unpaired) electrons. The highest BCUT2D eigenvalue weighted by molar-refractivity contribution is 9.10. The lowest BCUT2D eigenvalue weighted by atomic mass is 10.1. The molecule has 5 heteroatoms. The quantitative estimate of drug-likeness (QED) is 0.768. The van der Waals surface area contributed by atoms with E-state index < -0.39 is 0 Å². The normalized spacial score (nSPS) is 11.2. The number of hydrogen-bond donors (Lipinski definition) is 1. The Hall–Kier alpha value is -2.01. The summed E-state index contributed by atoms with van der Waals surface area (Å²) in [6.07, 6.45) is 1.76. The molecule has 2 heterocycles. The van der Waals surface area contributed by atoms with Crippen LogP contribution in [0.15, 0.2) is 45.8 Å². The number of H-pyrrole nitrogens is 1. The lowest BCUT2D eigenvalue weighted by Gasteiger charge is -2.09. The maximum absolute atomic E-state index is 12.0. The van der Waals surface area contributed by atoms with Crippen LogP contribution < -0.4 is 5.56 Å². The number of fused-ring (bicyclic) bond motifs is 1. The van der Waals surface area contributed by atoms with Crippen molar-refractivity contribution in [3.63, 3.8) is 0 Å². The molecule has 0 aliphatic rings. The van der Waals surface area contributed by atoms with Crippen LogP contribution in [0.3, 0.4) is 0 Å². The molecule has 0 spiro atoms. The number of aromatic amines is 1. The molecule has 0 unspecified atom stereocenters. The zero-order chi connectivity index (χ0) is 15.0. The molecular weight excluding hydrogens is 330 g/mol. The zero-order valence-electron chi connectivity index (χ0n) is 11.7. The average molecular weight is 344 g/mol. The van der Waals surface area contributed by atoms with Gasteiger partial charge in [0, 0.05) is 17.1 Å². The van der Waals surface area contributed by atoms with E-state index in [9.17, 15) is 4.79 Å². The fourth-order valence-electron chi connectivity index (χ4n) is 2.22. The number of nitrogens with zero attached hydrogens (tertiary/aromatic N) is 2. The van der Waals surface area contributed by atoms with Gasteiger partial charge in [0.05, 0.1) is 11.2 Å². The minimum atomic E-state index is -0.157. The van der Waals surface area contributed by atoms with Gasteiger partial charge in [0.25, 0.3) is 5.56 Å². The molecule has 106 valence electrons. The average Bonchev–Trinajstić information content (AvgIpc) is 2.49. The molecule has 1 aromatic carbocycles. The van der Waals surface area contributed by atoms with Gasteiger partial charge in [-0.15, -0.1) is 0 Å². The third kappa shape index (κ3) is 2.61. The van der Waals surface area contributed by atoms with Crippen LogP contribution in [0.4, 0.5) is 0 Å². The van der Waals surface area contributed by atoms with Gasteiger partial charge in [-0.1, -0.05) is 19.9 Å². The van der Waals surface area contributed by atoms with Crippen molar-refractivity contribution in [2.75, 3.05) is 0 Å². The molecule has 2 aromatic heterocycles. The number of rotatable bonds is 2. The smallest absolute Gasteiger partial charge is 0.265 e. The first-order valence-corrected chi connectivity index (χ1v) is 7.50. The first-order chi connectivity index (χ1) is 10.1. The molecule has 1 N–H and O–H groups in total. The van der Waals surface area contributed by atoms with Crippen molar-refractivity contribution in [3.05, 3.63) is 57.0 Å². The van der Waals surface area contributed by atoms with Gasteiger partial charge >= 0.3 is 0 Å². The maximum Gasteiger partial charge on any atom is 0.265 e. The van der Waals surface area contributed by atoms with Gasteiger partial charge in [-0.3, -0.25) is 9.78 Å². The molecule has 0 atom stereocenters. The van der Waals surface area contributed by atoms with Gasteiger partial charge in [-0.05, 0) is 46.1 Å². The van der Waals surface area contributed by atoms with Crippen molar-refractivity contribution < 1.29 is 0 Å². The summed E-state index contributed by atoms with van der Waals surface area (Å²) in [5.41, 5.74) is 2.40. The van der Waals surface area contributed by atoms with Crippen molar-refractivity contribution >= 4 is 26.8 Å². The summed E-state index contributed by atoms with van der Waals surface area (Å²) in [6.45, 7) is 4.03. The van der Waals surface area contributed by atoms with E-state index in [1.165, 1.54) is 0 Å². The highest BCUT2D eigenvalue weighted by Crippen LogP contribution is 2.24. The standard InChI is InChI=1S/C16H14BrN3O/c1-9(2)14-13(17)16(21)20-15(19-14)11-5-6-12-10(8-11)4-3-7-18-12/h3-9H,1-2H3,(H,19,20,21). The largest absolute Gasteiger partial charge is 0.306 e. The number of nitrogens with one attached hydrogen (secondary N) is 1. The predicted octanol–water partition coefficient (Wildman–Crippen LogP) is 3.87. The second-order valence-corrected chi connectivity index (χ2v) is 5.97. The van der Waals surface area contributed by atoms with Crippen LogP contribution in [0.25, 0.3) is 22.3 Å². The van der Waals surface area contributed by atoms with Crippen LogP contribution in [0, 0.1) is 0 Å². The molecule has 21 heavy (non-hydrogen) atoms. The maximum atomic E-state index is 12.0. The van der Waals surface area contributed by atoms with E-state index in [0.29, 0.717) is 10.3 Å². The summed E-state index contributed by atoms with van der Waals surface area (Å²) in [5, 5.41) is 1.02. The molecule has 0 fully saturated rings. The molecule has 3 aromatic rings. The summed E-state index contributed by atoms with van der Waals surface area (Å²) in [4.78, 5) is 23.7. The fourth-order valence-corrected chi connectivity index (χ4v) is 2.86. The minimum absolute atomic E-state index is 0.157. The highest BCUT2D eigenvalue weighted by Gasteiger charge is 2.13. The molecule has 0 aliphatic heterocycles. The van der Waals surface area contributed by atoms with Gasteiger partial charge in [0.2, 0.25) is 0 Å². The predicted molar refractivity (Wildman–Crippen MR) is 87.4 cm³/mol. The first kappa shape index (κ1) is 13.9. The van der Waals surface area contributed by atoms with Crippen LogP contribution in [0.2, 0.25) is 0 Å². The molecule has 0 aliphatic carbocycles. The van der Waals surface area contributed by atoms with Gasteiger partial charge in [0.1, 0.15) is 10.3 Å². The molecule has 0 bridgehead atoms. The Morgan fingerprint density at radius 3 is 2.81 bits per heavy atom. The second kappa shape index (κ2) is 5.41. The van der Waals surface area contributed by atoms with Gasteiger partial charge in [-0.2, -0.15) is 0 Å². The van der Waals surface area contributed by atoms with Crippen molar-refractivity contribution in [3.8, 4) is 11.4 Å². The van der Waals surface area contributed by atoms with Gasteiger partial charge < -0.3 is 4.98 Å². The topological polar surface area (TPSA) is 58.6 Å². The highest BCUT2D eigenvalue weighted by atomic mass is 79.9. The second-order valence-electron chi connectivity index (χ2n) is 5.18. The van der Waals surface area contributed by atoms with Crippen molar-refractivity contribution in [2.24, 2.45) is 0 Å².